The first kappa shape index (κ1) is 6.81. The maximum atomic E-state index is 8.33. The molecule has 3 heteroatoms. The van der Waals surface area contributed by atoms with Gasteiger partial charge in [0, 0.05) is 0 Å². The van der Waals surface area contributed by atoms with Crippen molar-refractivity contribution in [3.63, 3.8) is 0 Å². The highest BCUT2D eigenvalue weighted by atomic mass is 16.3. The van der Waals surface area contributed by atoms with E-state index in [1.54, 1.807) is 0 Å². The lowest BCUT2D eigenvalue weighted by atomic mass is 10.2. The van der Waals surface area contributed by atoms with Gasteiger partial charge in [0.1, 0.15) is 6.26 Å². The van der Waals surface area contributed by atoms with Crippen LogP contribution in [0.4, 0.5) is 0 Å². The van der Waals surface area contributed by atoms with E-state index in [1.807, 2.05) is 19.9 Å². The van der Waals surface area contributed by atoms with Crippen LogP contribution >= 0.6 is 0 Å². The van der Waals surface area contributed by atoms with Gasteiger partial charge < -0.3 is 4.42 Å². The summed E-state index contributed by atoms with van der Waals surface area (Å²) in [5.41, 5.74) is 0.830. The number of rotatable bonds is 1. The van der Waals surface area contributed by atoms with Crippen molar-refractivity contribution < 1.29 is 4.42 Å². The zero-order chi connectivity index (χ0) is 7.56. The molecular formula is C7H8N2O. The number of oxazole rings is 1. The highest BCUT2D eigenvalue weighted by Crippen LogP contribution is 2.11. The van der Waals surface area contributed by atoms with Gasteiger partial charge >= 0.3 is 5.89 Å². The van der Waals surface area contributed by atoms with E-state index in [-0.39, 0.29) is 5.89 Å². The highest BCUT2D eigenvalue weighted by Gasteiger charge is 2.04. The van der Waals surface area contributed by atoms with Crippen LogP contribution in [-0.2, 0) is 0 Å². The molecule has 3 nitrogen and oxygen atoms in total. The van der Waals surface area contributed by atoms with Crippen LogP contribution in [0.15, 0.2) is 10.7 Å². The molecule has 0 N–H and O–H groups in total. The molecule has 0 bridgehead atoms. The molecule has 0 aliphatic rings. The van der Waals surface area contributed by atoms with E-state index in [1.165, 1.54) is 6.26 Å². The molecular weight excluding hydrogens is 128 g/mol. The monoisotopic (exact) mass is 136 g/mol. The maximum absolute atomic E-state index is 8.33. The molecule has 0 amide bonds. The normalized spacial score (nSPS) is 9.80. The van der Waals surface area contributed by atoms with Gasteiger partial charge in [-0.1, -0.05) is 13.8 Å². The van der Waals surface area contributed by atoms with Crippen LogP contribution in [0.5, 0.6) is 0 Å². The molecule has 10 heavy (non-hydrogen) atoms. The van der Waals surface area contributed by atoms with Gasteiger partial charge in [-0.2, -0.15) is 5.26 Å². The van der Waals surface area contributed by atoms with Crippen molar-refractivity contribution in [2.45, 2.75) is 19.8 Å². The van der Waals surface area contributed by atoms with Gasteiger partial charge in [-0.3, -0.25) is 0 Å². The summed E-state index contributed by atoms with van der Waals surface area (Å²) in [4.78, 5) is 3.90. The van der Waals surface area contributed by atoms with E-state index in [2.05, 4.69) is 4.98 Å². The zero-order valence-electron chi connectivity index (χ0n) is 5.96. The topological polar surface area (TPSA) is 49.8 Å². The third kappa shape index (κ3) is 1.16. The van der Waals surface area contributed by atoms with Gasteiger partial charge in [-0.25, -0.2) is 4.98 Å². The number of hydrogen-bond acceptors (Lipinski definition) is 3. The minimum atomic E-state index is 0.142. The Balaban J connectivity index is 2.91. The van der Waals surface area contributed by atoms with Crippen molar-refractivity contribution in [3.8, 4) is 6.07 Å². The quantitative estimate of drug-likeness (QED) is 0.590. The first-order valence-corrected chi connectivity index (χ1v) is 3.09. The van der Waals surface area contributed by atoms with Crippen LogP contribution in [-0.4, -0.2) is 4.98 Å². The van der Waals surface area contributed by atoms with Gasteiger partial charge in [0.15, 0.2) is 6.07 Å². The molecule has 0 aromatic carbocycles. The van der Waals surface area contributed by atoms with E-state index in [9.17, 15) is 0 Å². The van der Waals surface area contributed by atoms with E-state index in [0.29, 0.717) is 5.92 Å². The van der Waals surface area contributed by atoms with E-state index in [4.69, 9.17) is 9.68 Å². The van der Waals surface area contributed by atoms with Gasteiger partial charge in [-0.15, -0.1) is 0 Å². The number of aromatic nitrogens is 1. The van der Waals surface area contributed by atoms with Crippen LogP contribution in [0, 0.1) is 11.3 Å². The molecule has 0 radical (unpaired) electrons. The average molecular weight is 136 g/mol. The smallest absolute Gasteiger partial charge is 0.300 e. The average Bonchev–Trinajstić information content (AvgIpc) is 2.34. The van der Waals surface area contributed by atoms with Crippen molar-refractivity contribution in [3.05, 3.63) is 17.8 Å². The summed E-state index contributed by atoms with van der Waals surface area (Å²) in [6.45, 7) is 4.00. The number of nitriles is 1. The summed E-state index contributed by atoms with van der Waals surface area (Å²) < 4.78 is 4.80. The second-order valence-corrected chi connectivity index (χ2v) is 2.34. The third-order valence-corrected chi connectivity index (χ3v) is 1.21. The molecule has 0 saturated carbocycles. The van der Waals surface area contributed by atoms with Crippen molar-refractivity contribution in [1.29, 1.82) is 5.26 Å². The number of hydrogen-bond donors (Lipinski definition) is 0. The second kappa shape index (κ2) is 2.53. The fourth-order valence-corrected chi connectivity index (χ4v) is 0.603. The van der Waals surface area contributed by atoms with Crippen LogP contribution in [0.1, 0.15) is 31.4 Å². The predicted molar refractivity (Wildman–Crippen MR) is 35.3 cm³/mol. The molecule has 0 unspecified atom stereocenters. The third-order valence-electron chi connectivity index (χ3n) is 1.21. The minimum Gasteiger partial charge on any atom is -0.437 e. The van der Waals surface area contributed by atoms with E-state index >= 15 is 0 Å². The van der Waals surface area contributed by atoms with Crippen LogP contribution in [0.3, 0.4) is 0 Å². The Hall–Kier alpha value is -1.30. The zero-order valence-corrected chi connectivity index (χ0v) is 5.96. The van der Waals surface area contributed by atoms with Crippen LogP contribution in [0.25, 0.3) is 0 Å². The van der Waals surface area contributed by atoms with Crippen molar-refractivity contribution in [2.24, 2.45) is 0 Å². The minimum absolute atomic E-state index is 0.142. The molecule has 52 valence electrons. The summed E-state index contributed by atoms with van der Waals surface area (Å²) in [7, 11) is 0. The van der Waals surface area contributed by atoms with E-state index in [0.717, 1.165) is 5.69 Å². The van der Waals surface area contributed by atoms with Crippen molar-refractivity contribution in [1.82, 2.24) is 4.98 Å². The lowest BCUT2D eigenvalue weighted by molar-refractivity contribution is 0.540. The second-order valence-electron chi connectivity index (χ2n) is 2.34. The maximum Gasteiger partial charge on any atom is 0.300 e. The molecule has 1 aromatic heterocycles. The Kier molecular flexibility index (Phi) is 1.72. The number of nitrogens with zero attached hydrogens (tertiary/aromatic N) is 2. The van der Waals surface area contributed by atoms with E-state index < -0.39 is 0 Å². The fraction of sp³-hybridized carbons (Fsp3) is 0.429. The predicted octanol–water partition coefficient (Wildman–Crippen LogP) is 1.67. The van der Waals surface area contributed by atoms with Crippen LogP contribution in [0.2, 0.25) is 0 Å². The van der Waals surface area contributed by atoms with Gasteiger partial charge in [0.25, 0.3) is 0 Å². The Bertz CT molecular complexity index is 257. The fourth-order valence-electron chi connectivity index (χ4n) is 0.603. The summed E-state index contributed by atoms with van der Waals surface area (Å²) in [5, 5.41) is 8.33. The Labute approximate surface area is 59.3 Å². The lowest BCUT2D eigenvalue weighted by Gasteiger charge is -1.93. The summed E-state index contributed by atoms with van der Waals surface area (Å²) in [5.74, 6) is 0.467. The molecule has 0 fully saturated rings. The molecule has 0 atom stereocenters. The van der Waals surface area contributed by atoms with Gasteiger partial charge in [-0.05, 0) is 5.92 Å². The molecule has 0 spiro atoms. The van der Waals surface area contributed by atoms with Gasteiger partial charge in [0.2, 0.25) is 0 Å². The SMILES string of the molecule is CC(C)c1coc(C#N)n1. The molecule has 1 heterocycles. The Morgan fingerprint density at radius 1 is 1.70 bits per heavy atom. The van der Waals surface area contributed by atoms with Gasteiger partial charge in [0.05, 0.1) is 5.69 Å². The first-order chi connectivity index (χ1) is 4.74. The van der Waals surface area contributed by atoms with Crippen molar-refractivity contribution in [2.75, 3.05) is 0 Å². The molecule has 1 rings (SSSR count). The first-order valence-electron chi connectivity index (χ1n) is 3.09. The van der Waals surface area contributed by atoms with Crippen molar-refractivity contribution >= 4 is 0 Å². The van der Waals surface area contributed by atoms with Crippen LogP contribution < -0.4 is 0 Å². The molecule has 1 aromatic rings. The standard InChI is InChI=1S/C7H8N2O/c1-5(2)6-4-10-7(3-8)9-6/h4-5H,1-2H3. The largest absolute Gasteiger partial charge is 0.437 e. The molecule has 0 saturated heterocycles. The summed E-state index contributed by atoms with van der Waals surface area (Å²) in [6, 6.07) is 1.82. The summed E-state index contributed by atoms with van der Waals surface area (Å²) >= 11 is 0. The Morgan fingerprint density at radius 2 is 2.40 bits per heavy atom. The lowest BCUT2D eigenvalue weighted by Crippen LogP contribution is -1.85. The highest BCUT2D eigenvalue weighted by molar-refractivity contribution is 5.10. The Morgan fingerprint density at radius 3 is 2.70 bits per heavy atom. The molecule has 0 aliphatic heterocycles. The molecule has 0 aliphatic carbocycles. The summed E-state index contributed by atoms with van der Waals surface area (Å²) in [6.07, 6.45) is 1.52.